The molecule has 0 atom stereocenters. The van der Waals surface area contributed by atoms with Crippen LogP contribution in [0.15, 0.2) is 48.5 Å². The molecule has 0 saturated heterocycles. The van der Waals surface area contributed by atoms with Gasteiger partial charge < -0.3 is 10.6 Å². The van der Waals surface area contributed by atoms with Crippen molar-refractivity contribution in [3.63, 3.8) is 0 Å². The molecule has 2 aromatic rings. The van der Waals surface area contributed by atoms with E-state index < -0.39 is 0 Å². The number of urea groups is 1. The van der Waals surface area contributed by atoms with Gasteiger partial charge in [0, 0.05) is 13.1 Å². The molecule has 0 radical (unpaired) electrons. The average molecular weight is 282 g/mol. The minimum absolute atomic E-state index is 0.122. The van der Waals surface area contributed by atoms with Gasteiger partial charge in [-0.1, -0.05) is 59.7 Å². The predicted octanol–water partition coefficient (Wildman–Crippen LogP) is 3.35. The van der Waals surface area contributed by atoms with Crippen LogP contribution in [-0.4, -0.2) is 12.6 Å². The van der Waals surface area contributed by atoms with Crippen LogP contribution in [0.1, 0.15) is 22.3 Å². The van der Waals surface area contributed by atoms with Gasteiger partial charge in [0.1, 0.15) is 0 Å². The Labute approximate surface area is 126 Å². The first-order valence-electron chi connectivity index (χ1n) is 7.26. The van der Waals surface area contributed by atoms with Crippen molar-refractivity contribution in [3.05, 3.63) is 70.8 Å². The first kappa shape index (κ1) is 15.1. The average Bonchev–Trinajstić information content (AvgIpc) is 2.47. The fourth-order valence-corrected chi connectivity index (χ4v) is 2.14. The van der Waals surface area contributed by atoms with Gasteiger partial charge in [0.2, 0.25) is 0 Å². The second-order valence-electron chi connectivity index (χ2n) is 5.33. The van der Waals surface area contributed by atoms with Gasteiger partial charge in [0.25, 0.3) is 0 Å². The van der Waals surface area contributed by atoms with Gasteiger partial charge in [-0.2, -0.15) is 0 Å². The van der Waals surface area contributed by atoms with Crippen molar-refractivity contribution in [3.8, 4) is 0 Å². The van der Waals surface area contributed by atoms with Gasteiger partial charge in [-0.3, -0.25) is 0 Å². The summed E-state index contributed by atoms with van der Waals surface area (Å²) in [5.41, 5.74) is 4.81. The van der Waals surface area contributed by atoms with Crippen molar-refractivity contribution in [2.45, 2.75) is 26.8 Å². The summed E-state index contributed by atoms with van der Waals surface area (Å²) < 4.78 is 0. The fraction of sp³-hybridized carbons (Fsp3) is 0.278. The standard InChI is InChI=1S/C18H22N2O/c1-14-6-8-16(9-7-14)10-11-19-18(21)20-13-17-5-3-4-15(2)12-17/h3-9,12H,10-11,13H2,1-2H3,(H2,19,20,21). The van der Waals surface area contributed by atoms with E-state index in [2.05, 4.69) is 47.9 Å². The number of carbonyl (C=O) groups excluding carboxylic acids is 1. The molecule has 0 fully saturated rings. The lowest BCUT2D eigenvalue weighted by molar-refractivity contribution is 0.240. The molecule has 0 aliphatic rings. The lowest BCUT2D eigenvalue weighted by atomic mass is 10.1. The molecule has 0 aliphatic heterocycles. The van der Waals surface area contributed by atoms with Crippen molar-refractivity contribution < 1.29 is 4.79 Å². The number of hydrogen-bond acceptors (Lipinski definition) is 1. The molecule has 2 rings (SSSR count). The molecular weight excluding hydrogens is 260 g/mol. The number of benzene rings is 2. The summed E-state index contributed by atoms with van der Waals surface area (Å²) in [5.74, 6) is 0. The Morgan fingerprint density at radius 3 is 2.38 bits per heavy atom. The van der Waals surface area contributed by atoms with E-state index in [9.17, 15) is 4.79 Å². The van der Waals surface area contributed by atoms with Crippen LogP contribution in [0.5, 0.6) is 0 Å². The summed E-state index contributed by atoms with van der Waals surface area (Å²) in [4.78, 5) is 11.7. The Morgan fingerprint density at radius 2 is 1.67 bits per heavy atom. The van der Waals surface area contributed by atoms with Crippen LogP contribution >= 0.6 is 0 Å². The molecule has 3 heteroatoms. The molecule has 110 valence electrons. The van der Waals surface area contributed by atoms with Crippen molar-refractivity contribution in [1.29, 1.82) is 0 Å². The quantitative estimate of drug-likeness (QED) is 0.867. The number of aryl methyl sites for hydroxylation is 2. The molecule has 0 spiro atoms. The van der Waals surface area contributed by atoms with E-state index in [1.165, 1.54) is 16.7 Å². The molecular formula is C18H22N2O. The van der Waals surface area contributed by atoms with E-state index in [4.69, 9.17) is 0 Å². The molecule has 2 N–H and O–H groups in total. The molecule has 0 aliphatic carbocycles. The number of amides is 2. The summed E-state index contributed by atoms with van der Waals surface area (Å²) in [5, 5.41) is 5.75. The van der Waals surface area contributed by atoms with Crippen LogP contribution in [0.2, 0.25) is 0 Å². The van der Waals surface area contributed by atoms with Gasteiger partial charge >= 0.3 is 6.03 Å². The monoisotopic (exact) mass is 282 g/mol. The highest BCUT2D eigenvalue weighted by molar-refractivity contribution is 5.73. The number of carbonyl (C=O) groups is 1. The van der Waals surface area contributed by atoms with E-state index in [-0.39, 0.29) is 6.03 Å². The minimum atomic E-state index is -0.122. The largest absolute Gasteiger partial charge is 0.338 e. The molecule has 0 heterocycles. The summed E-state index contributed by atoms with van der Waals surface area (Å²) in [7, 11) is 0. The molecule has 2 amide bonds. The normalized spacial score (nSPS) is 10.2. The van der Waals surface area contributed by atoms with E-state index in [1.807, 2.05) is 25.1 Å². The SMILES string of the molecule is Cc1ccc(CCNC(=O)NCc2cccc(C)c2)cc1. The lowest BCUT2D eigenvalue weighted by Gasteiger charge is -2.08. The Kier molecular flexibility index (Phi) is 5.38. The fourth-order valence-electron chi connectivity index (χ4n) is 2.14. The zero-order valence-electron chi connectivity index (χ0n) is 12.6. The van der Waals surface area contributed by atoms with E-state index in [0.29, 0.717) is 13.1 Å². The predicted molar refractivity (Wildman–Crippen MR) is 86.3 cm³/mol. The van der Waals surface area contributed by atoms with Gasteiger partial charge in [0.05, 0.1) is 0 Å². The van der Waals surface area contributed by atoms with Crippen molar-refractivity contribution in [2.24, 2.45) is 0 Å². The molecule has 0 saturated carbocycles. The molecule has 0 bridgehead atoms. The summed E-state index contributed by atoms with van der Waals surface area (Å²) in [6.07, 6.45) is 0.845. The third-order valence-electron chi connectivity index (χ3n) is 3.36. The van der Waals surface area contributed by atoms with Gasteiger partial charge in [-0.05, 0) is 31.4 Å². The highest BCUT2D eigenvalue weighted by Gasteiger charge is 2.00. The van der Waals surface area contributed by atoms with E-state index >= 15 is 0 Å². The van der Waals surface area contributed by atoms with Crippen LogP contribution in [0.25, 0.3) is 0 Å². The van der Waals surface area contributed by atoms with Crippen LogP contribution < -0.4 is 10.6 Å². The number of nitrogens with one attached hydrogen (secondary N) is 2. The smallest absolute Gasteiger partial charge is 0.315 e. The maximum absolute atomic E-state index is 11.7. The van der Waals surface area contributed by atoms with Crippen molar-refractivity contribution in [2.75, 3.05) is 6.54 Å². The third kappa shape index (κ3) is 5.30. The van der Waals surface area contributed by atoms with E-state index in [1.54, 1.807) is 0 Å². The van der Waals surface area contributed by atoms with E-state index in [0.717, 1.165) is 12.0 Å². The van der Waals surface area contributed by atoms with Gasteiger partial charge in [0.15, 0.2) is 0 Å². The topological polar surface area (TPSA) is 41.1 Å². The van der Waals surface area contributed by atoms with Crippen molar-refractivity contribution in [1.82, 2.24) is 10.6 Å². The summed E-state index contributed by atoms with van der Waals surface area (Å²) in [6.45, 7) is 5.31. The first-order valence-corrected chi connectivity index (χ1v) is 7.26. The second-order valence-corrected chi connectivity index (χ2v) is 5.33. The zero-order valence-corrected chi connectivity index (χ0v) is 12.6. The Morgan fingerprint density at radius 1 is 0.905 bits per heavy atom. The maximum Gasteiger partial charge on any atom is 0.315 e. The zero-order chi connectivity index (χ0) is 15.1. The van der Waals surface area contributed by atoms with Crippen molar-refractivity contribution >= 4 is 6.03 Å². The summed E-state index contributed by atoms with van der Waals surface area (Å²) in [6, 6.07) is 16.4. The highest BCUT2D eigenvalue weighted by atomic mass is 16.2. The van der Waals surface area contributed by atoms with Crippen LogP contribution in [-0.2, 0) is 13.0 Å². The molecule has 0 unspecified atom stereocenters. The summed E-state index contributed by atoms with van der Waals surface area (Å²) >= 11 is 0. The van der Waals surface area contributed by atoms with Crippen LogP contribution in [0, 0.1) is 13.8 Å². The third-order valence-corrected chi connectivity index (χ3v) is 3.36. The number of hydrogen-bond donors (Lipinski definition) is 2. The molecule has 21 heavy (non-hydrogen) atoms. The Balaban J connectivity index is 1.69. The maximum atomic E-state index is 11.7. The van der Waals surface area contributed by atoms with Gasteiger partial charge in [-0.25, -0.2) is 4.79 Å². The Hall–Kier alpha value is -2.29. The Bertz CT molecular complexity index is 590. The highest BCUT2D eigenvalue weighted by Crippen LogP contribution is 2.04. The molecule has 2 aromatic carbocycles. The molecule has 0 aromatic heterocycles. The van der Waals surface area contributed by atoms with Crippen LogP contribution in [0.4, 0.5) is 4.79 Å². The first-order chi connectivity index (χ1) is 10.1. The van der Waals surface area contributed by atoms with Crippen LogP contribution in [0.3, 0.4) is 0 Å². The minimum Gasteiger partial charge on any atom is -0.338 e. The molecule has 3 nitrogen and oxygen atoms in total. The second kappa shape index (κ2) is 7.48. The lowest BCUT2D eigenvalue weighted by Crippen LogP contribution is -2.36. The number of rotatable bonds is 5. The van der Waals surface area contributed by atoms with Gasteiger partial charge in [-0.15, -0.1) is 0 Å².